The lowest BCUT2D eigenvalue weighted by Gasteiger charge is -2.57. The molecule has 1 amide bonds. The van der Waals surface area contributed by atoms with Gasteiger partial charge in [-0.15, -0.1) is 0 Å². The smallest absolute Gasteiger partial charge is 0.248 e. The van der Waals surface area contributed by atoms with Crippen LogP contribution in [0.5, 0.6) is 0 Å². The number of rotatable bonds is 4. The molecule has 0 heterocycles. The maximum Gasteiger partial charge on any atom is 0.248 e. The number of anilines is 1. The Kier molecular flexibility index (Phi) is 5.07. The van der Waals surface area contributed by atoms with E-state index in [9.17, 15) is 4.79 Å². The largest absolute Gasteiger partial charge is 0.323 e. The van der Waals surface area contributed by atoms with E-state index in [4.69, 9.17) is 0 Å². The third kappa shape index (κ3) is 4.22. The van der Waals surface area contributed by atoms with E-state index in [0.29, 0.717) is 5.41 Å². The summed E-state index contributed by atoms with van der Waals surface area (Å²) in [6.45, 7) is 6.62. The number of benzene rings is 2. The molecule has 2 aromatic carbocycles. The Labute approximate surface area is 187 Å². The zero-order chi connectivity index (χ0) is 21.6. The normalized spacial score (nSPS) is 29.5. The second-order valence-electron chi connectivity index (χ2n) is 11.5. The highest BCUT2D eigenvalue weighted by Gasteiger charge is 2.51. The van der Waals surface area contributed by atoms with E-state index >= 15 is 0 Å². The third-order valence-corrected chi connectivity index (χ3v) is 8.01. The number of carbonyl (C=O) groups is 1. The summed E-state index contributed by atoms with van der Waals surface area (Å²) in [4.78, 5) is 12.4. The standard InChI is InChI=1S/C29H35NO/c1-28(2,3)24-7-4-20(5-8-24)6-13-27(31)30-26-11-9-25(10-12-26)29-17-21-14-22(18-29)16-23(15-21)19-29/h4-13,21-23H,14-19H2,1-3H3,(H,30,31)/b13-6+. The third-order valence-electron chi connectivity index (χ3n) is 8.01. The van der Waals surface area contributed by atoms with Crippen LogP contribution in [0, 0.1) is 17.8 Å². The van der Waals surface area contributed by atoms with Gasteiger partial charge in [-0.3, -0.25) is 4.79 Å². The van der Waals surface area contributed by atoms with Crippen LogP contribution in [0.2, 0.25) is 0 Å². The number of carbonyl (C=O) groups excluding carboxylic acids is 1. The zero-order valence-corrected chi connectivity index (χ0v) is 19.2. The van der Waals surface area contributed by atoms with Gasteiger partial charge in [0.15, 0.2) is 0 Å². The fourth-order valence-electron chi connectivity index (χ4n) is 6.82. The van der Waals surface area contributed by atoms with Crippen LogP contribution < -0.4 is 5.32 Å². The van der Waals surface area contributed by atoms with E-state index in [1.807, 2.05) is 6.08 Å². The molecule has 2 aromatic rings. The van der Waals surface area contributed by atoms with Crippen molar-refractivity contribution < 1.29 is 4.79 Å². The first-order chi connectivity index (χ1) is 14.8. The molecule has 0 atom stereocenters. The first-order valence-corrected chi connectivity index (χ1v) is 12.0. The zero-order valence-electron chi connectivity index (χ0n) is 19.2. The average Bonchev–Trinajstić information content (AvgIpc) is 2.71. The van der Waals surface area contributed by atoms with E-state index in [2.05, 4.69) is 74.6 Å². The predicted octanol–water partition coefficient (Wildman–Crippen LogP) is 7.10. The van der Waals surface area contributed by atoms with Crippen LogP contribution in [0.1, 0.15) is 76.0 Å². The van der Waals surface area contributed by atoms with E-state index in [1.165, 1.54) is 49.7 Å². The molecule has 4 bridgehead atoms. The van der Waals surface area contributed by atoms with Crippen LogP contribution in [0.15, 0.2) is 54.6 Å². The predicted molar refractivity (Wildman–Crippen MR) is 129 cm³/mol. The van der Waals surface area contributed by atoms with Crippen molar-refractivity contribution in [3.8, 4) is 0 Å². The maximum absolute atomic E-state index is 12.4. The van der Waals surface area contributed by atoms with Gasteiger partial charge in [-0.05, 0) is 102 Å². The average molecular weight is 414 g/mol. The summed E-state index contributed by atoms with van der Waals surface area (Å²) in [5.74, 6) is 2.78. The minimum absolute atomic E-state index is 0.0811. The molecule has 0 aromatic heterocycles. The molecular weight excluding hydrogens is 378 g/mol. The van der Waals surface area contributed by atoms with E-state index in [-0.39, 0.29) is 11.3 Å². The topological polar surface area (TPSA) is 29.1 Å². The molecule has 1 N–H and O–H groups in total. The van der Waals surface area contributed by atoms with Gasteiger partial charge < -0.3 is 5.32 Å². The lowest BCUT2D eigenvalue weighted by molar-refractivity contribution is -0.111. The number of amides is 1. The van der Waals surface area contributed by atoms with Gasteiger partial charge in [-0.25, -0.2) is 0 Å². The molecule has 0 aliphatic heterocycles. The summed E-state index contributed by atoms with van der Waals surface area (Å²) in [7, 11) is 0. The van der Waals surface area contributed by atoms with Crippen molar-refractivity contribution in [2.75, 3.05) is 5.32 Å². The van der Waals surface area contributed by atoms with Gasteiger partial charge in [-0.2, -0.15) is 0 Å². The SMILES string of the molecule is CC(C)(C)c1ccc(/C=C/C(=O)Nc2ccc(C34CC5CC(CC(C5)C3)C4)cc2)cc1. The minimum Gasteiger partial charge on any atom is -0.323 e. The number of hydrogen-bond donors (Lipinski definition) is 1. The molecule has 0 saturated heterocycles. The van der Waals surface area contributed by atoms with E-state index < -0.39 is 0 Å². The van der Waals surface area contributed by atoms with Crippen LogP contribution in [0.4, 0.5) is 5.69 Å². The van der Waals surface area contributed by atoms with Gasteiger partial charge in [0.2, 0.25) is 5.91 Å². The molecule has 0 radical (unpaired) electrons. The highest BCUT2D eigenvalue weighted by atomic mass is 16.1. The van der Waals surface area contributed by atoms with Gasteiger partial charge in [0.25, 0.3) is 0 Å². The van der Waals surface area contributed by atoms with E-state index in [0.717, 1.165) is 29.0 Å². The molecule has 4 aliphatic rings. The Bertz CT molecular complexity index is 940. The highest BCUT2D eigenvalue weighted by Crippen LogP contribution is 2.60. The Morgan fingerprint density at radius 2 is 1.42 bits per heavy atom. The van der Waals surface area contributed by atoms with Gasteiger partial charge >= 0.3 is 0 Å². The summed E-state index contributed by atoms with van der Waals surface area (Å²) in [6, 6.07) is 17.2. The van der Waals surface area contributed by atoms with Crippen LogP contribution in [0.25, 0.3) is 6.08 Å². The fourth-order valence-corrected chi connectivity index (χ4v) is 6.82. The molecule has 162 valence electrons. The van der Waals surface area contributed by atoms with Crippen molar-refractivity contribution in [2.45, 2.75) is 70.1 Å². The summed E-state index contributed by atoms with van der Waals surface area (Å²) in [5.41, 5.74) is 5.28. The van der Waals surface area contributed by atoms with E-state index in [1.54, 1.807) is 6.08 Å². The first kappa shape index (κ1) is 20.5. The summed E-state index contributed by atoms with van der Waals surface area (Å²) in [6.07, 6.45) is 12.0. The second-order valence-corrected chi connectivity index (χ2v) is 11.5. The molecule has 4 saturated carbocycles. The number of nitrogens with one attached hydrogen (secondary N) is 1. The summed E-state index contributed by atoms with van der Waals surface area (Å²) >= 11 is 0. The van der Waals surface area contributed by atoms with Crippen molar-refractivity contribution in [3.63, 3.8) is 0 Å². The van der Waals surface area contributed by atoms with Crippen molar-refractivity contribution in [3.05, 3.63) is 71.3 Å². The molecule has 6 rings (SSSR count). The lowest BCUT2D eigenvalue weighted by atomic mass is 9.48. The molecule has 4 aliphatic carbocycles. The molecule has 2 nitrogen and oxygen atoms in total. The first-order valence-electron chi connectivity index (χ1n) is 12.0. The molecule has 0 unspecified atom stereocenters. The molecule has 2 heteroatoms. The van der Waals surface area contributed by atoms with Crippen LogP contribution in [0.3, 0.4) is 0 Å². The van der Waals surface area contributed by atoms with Gasteiger partial charge in [0.1, 0.15) is 0 Å². The van der Waals surface area contributed by atoms with Crippen LogP contribution in [-0.4, -0.2) is 5.91 Å². The Morgan fingerprint density at radius 1 is 0.871 bits per heavy atom. The van der Waals surface area contributed by atoms with Crippen molar-refractivity contribution in [1.82, 2.24) is 0 Å². The second kappa shape index (κ2) is 7.65. The molecular formula is C29H35NO. The molecule has 31 heavy (non-hydrogen) atoms. The fraction of sp³-hybridized carbons (Fsp3) is 0.483. The summed E-state index contributed by atoms with van der Waals surface area (Å²) < 4.78 is 0. The van der Waals surface area contributed by atoms with Crippen molar-refractivity contribution in [1.29, 1.82) is 0 Å². The highest BCUT2D eigenvalue weighted by molar-refractivity contribution is 6.01. The van der Waals surface area contributed by atoms with Gasteiger partial charge in [0.05, 0.1) is 0 Å². The monoisotopic (exact) mass is 413 g/mol. The van der Waals surface area contributed by atoms with Crippen molar-refractivity contribution in [2.24, 2.45) is 17.8 Å². The quantitative estimate of drug-likeness (QED) is 0.532. The molecule has 4 fully saturated rings. The Balaban J connectivity index is 1.22. The van der Waals surface area contributed by atoms with Crippen LogP contribution in [-0.2, 0) is 15.6 Å². The van der Waals surface area contributed by atoms with Gasteiger partial charge in [-0.1, -0.05) is 57.2 Å². The van der Waals surface area contributed by atoms with Gasteiger partial charge in [0, 0.05) is 11.8 Å². The lowest BCUT2D eigenvalue weighted by Crippen LogP contribution is -2.48. The summed E-state index contributed by atoms with van der Waals surface area (Å²) in [5, 5.41) is 3.02. The molecule has 0 spiro atoms. The van der Waals surface area contributed by atoms with Crippen LogP contribution >= 0.6 is 0 Å². The Morgan fingerprint density at radius 3 is 1.94 bits per heavy atom. The minimum atomic E-state index is -0.0811. The Hall–Kier alpha value is -2.35. The van der Waals surface area contributed by atoms with Crippen molar-refractivity contribution >= 4 is 17.7 Å². The maximum atomic E-state index is 12.4. The number of hydrogen-bond acceptors (Lipinski definition) is 1.